The van der Waals surface area contributed by atoms with Crippen LogP contribution in [0.3, 0.4) is 0 Å². The Kier molecular flexibility index (Phi) is 5.18. The van der Waals surface area contributed by atoms with Crippen molar-refractivity contribution in [3.63, 3.8) is 0 Å². The van der Waals surface area contributed by atoms with E-state index in [0.717, 1.165) is 6.07 Å². The third-order valence-corrected chi connectivity index (χ3v) is 4.01. The van der Waals surface area contributed by atoms with Gasteiger partial charge in [-0.25, -0.2) is 18.7 Å². The van der Waals surface area contributed by atoms with E-state index >= 15 is 0 Å². The van der Waals surface area contributed by atoms with Gasteiger partial charge in [-0.3, -0.25) is 4.99 Å². The van der Waals surface area contributed by atoms with Crippen LogP contribution in [-0.4, -0.2) is 22.9 Å². The van der Waals surface area contributed by atoms with E-state index in [0.29, 0.717) is 16.7 Å². The number of hydrogen-bond acceptors (Lipinski definition) is 5. The molecule has 3 rings (SSSR count). The minimum absolute atomic E-state index is 0.0616. The minimum atomic E-state index is -0.882. The van der Waals surface area contributed by atoms with Crippen molar-refractivity contribution in [2.75, 3.05) is 23.8 Å². The van der Waals surface area contributed by atoms with Crippen LogP contribution in [0.15, 0.2) is 47.5 Å². The Balaban J connectivity index is 2.02. The lowest BCUT2D eigenvalue weighted by molar-refractivity contribution is 0.586. The summed E-state index contributed by atoms with van der Waals surface area (Å²) in [7, 11) is 1.45. The summed E-state index contributed by atoms with van der Waals surface area (Å²) in [5, 5.41) is 3.33. The molecule has 1 aromatic heterocycles. The predicted molar refractivity (Wildman–Crippen MR) is 104 cm³/mol. The normalized spacial score (nSPS) is 11.5. The Labute approximate surface area is 158 Å². The van der Waals surface area contributed by atoms with Gasteiger partial charge in [0.2, 0.25) is 0 Å². The second-order valence-electron chi connectivity index (χ2n) is 5.53. The largest absolute Gasteiger partial charge is 0.396 e. The SMILES string of the molecule is CN=C(Nc1cc(N)nc(-c2ccccc2Cl)n1)c1cc(F)cc(F)c1N. The summed E-state index contributed by atoms with van der Waals surface area (Å²) in [6.07, 6.45) is 0. The molecule has 0 aliphatic heterocycles. The maximum absolute atomic E-state index is 13.8. The number of hydrogen-bond donors (Lipinski definition) is 3. The van der Waals surface area contributed by atoms with E-state index in [1.807, 2.05) is 0 Å². The van der Waals surface area contributed by atoms with Gasteiger partial charge in [0.1, 0.15) is 29.1 Å². The maximum Gasteiger partial charge on any atom is 0.165 e. The van der Waals surface area contributed by atoms with Gasteiger partial charge in [-0.2, -0.15) is 0 Å². The van der Waals surface area contributed by atoms with Gasteiger partial charge in [0.15, 0.2) is 5.82 Å². The van der Waals surface area contributed by atoms with Crippen LogP contribution in [-0.2, 0) is 0 Å². The summed E-state index contributed by atoms with van der Waals surface area (Å²) in [6.45, 7) is 0. The van der Waals surface area contributed by atoms with E-state index in [2.05, 4.69) is 20.3 Å². The molecule has 27 heavy (non-hydrogen) atoms. The third-order valence-electron chi connectivity index (χ3n) is 3.68. The summed E-state index contributed by atoms with van der Waals surface area (Å²) < 4.78 is 27.4. The van der Waals surface area contributed by atoms with E-state index in [1.165, 1.54) is 13.1 Å². The van der Waals surface area contributed by atoms with Gasteiger partial charge >= 0.3 is 0 Å². The molecule has 2 aromatic carbocycles. The first-order valence-corrected chi connectivity index (χ1v) is 8.15. The Morgan fingerprint density at radius 3 is 2.56 bits per heavy atom. The van der Waals surface area contributed by atoms with Crippen LogP contribution in [0.4, 0.5) is 26.1 Å². The number of aromatic nitrogens is 2. The molecule has 6 nitrogen and oxygen atoms in total. The molecule has 9 heteroatoms. The summed E-state index contributed by atoms with van der Waals surface area (Å²) >= 11 is 6.18. The molecule has 0 atom stereocenters. The highest BCUT2D eigenvalue weighted by Gasteiger charge is 2.15. The van der Waals surface area contributed by atoms with Crippen LogP contribution in [0, 0.1) is 11.6 Å². The van der Waals surface area contributed by atoms with Crippen molar-refractivity contribution in [2.24, 2.45) is 4.99 Å². The van der Waals surface area contributed by atoms with Gasteiger partial charge in [0.25, 0.3) is 0 Å². The number of benzene rings is 2. The topological polar surface area (TPSA) is 102 Å². The Hall–Kier alpha value is -3.26. The molecule has 0 radical (unpaired) electrons. The highest BCUT2D eigenvalue weighted by Crippen LogP contribution is 2.27. The second kappa shape index (κ2) is 7.55. The van der Waals surface area contributed by atoms with Gasteiger partial charge in [-0.15, -0.1) is 0 Å². The van der Waals surface area contributed by atoms with Crippen molar-refractivity contribution in [1.82, 2.24) is 9.97 Å². The van der Waals surface area contributed by atoms with Crippen molar-refractivity contribution in [2.45, 2.75) is 0 Å². The fourth-order valence-corrected chi connectivity index (χ4v) is 2.66. The number of anilines is 3. The number of rotatable bonds is 3. The van der Waals surface area contributed by atoms with Gasteiger partial charge < -0.3 is 16.8 Å². The first-order valence-electron chi connectivity index (χ1n) is 7.77. The quantitative estimate of drug-likeness (QED) is 0.360. The van der Waals surface area contributed by atoms with Gasteiger partial charge in [0.05, 0.1) is 10.7 Å². The molecule has 0 saturated carbocycles. The number of aliphatic imine (C=N–C) groups is 1. The highest BCUT2D eigenvalue weighted by atomic mass is 35.5. The molecule has 0 saturated heterocycles. The first kappa shape index (κ1) is 18.5. The minimum Gasteiger partial charge on any atom is -0.396 e. The van der Waals surface area contributed by atoms with E-state index in [9.17, 15) is 8.78 Å². The van der Waals surface area contributed by atoms with Crippen molar-refractivity contribution in [3.05, 3.63) is 64.7 Å². The summed E-state index contributed by atoms with van der Waals surface area (Å²) in [5.74, 6) is -0.810. The van der Waals surface area contributed by atoms with Crippen molar-refractivity contribution in [1.29, 1.82) is 0 Å². The molecule has 3 aromatic rings. The van der Waals surface area contributed by atoms with E-state index in [-0.39, 0.29) is 34.5 Å². The zero-order chi connectivity index (χ0) is 19.6. The average molecular weight is 389 g/mol. The van der Waals surface area contributed by atoms with Crippen LogP contribution in [0.2, 0.25) is 5.02 Å². The van der Waals surface area contributed by atoms with E-state index in [1.54, 1.807) is 24.3 Å². The van der Waals surface area contributed by atoms with Crippen molar-refractivity contribution < 1.29 is 8.78 Å². The van der Waals surface area contributed by atoms with Crippen LogP contribution >= 0.6 is 11.6 Å². The van der Waals surface area contributed by atoms with E-state index < -0.39 is 11.6 Å². The fourth-order valence-electron chi connectivity index (χ4n) is 2.44. The Morgan fingerprint density at radius 2 is 1.85 bits per heavy atom. The number of nitrogens with zero attached hydrogens (tertiary/aromatic N) is 3. The molecule has 0 amide bonds. The molecule has 0 aliphatic rings. The molecule has 0 unspecified atom stereocenters. The molecule has 138 valence electrons. The lowest BCUT2D eigenvalue weighted by Gasteiger charge is -2.13. The number of nitrogens with two attached hydrogens (primary N) is 2. The lowest BCUT2D eigenvalue weighted by atomic mass is 10.1. The van der Waals surface area contributed by atoms with Crippen LogP contribution in [0.5, 0.6) is 0 Å². The zero-order valence-electron chi connectivity index (χ0n) is 14.2. The Morgan fingerprint density at radius 1 is 1.11 bits per heavy atom. The molecule has 5 N–H and O–H groups in total. The van der Waals surface area contributed by atoms with E-state index in [4.69, 9.17) is 23.1 Å². The van der Waals surface area contributed by atoms with Gasteiger partial charge in [-0.05, 0) is 18.2 Å². The first-order chi connectivity index (χ1) is 12.9. The summed E-state index contributed by atoms with van der Waals surface area (Å²) in [4.78, 5) is 12.5. The van der Waals surface area contributed by atoms with Crippen LogP contribution in [0.1, 0.15) is 5.56 Å². The van der Waals surface area contributed by atoms with Crippen molar-refractivity contribution in [3.8, 4) is 11.4 Å². The average Bonchev–Trinajstić information content (AvgIpc) is 2.63. The van der Waals surface area contributed by atoms with Crippen LogP contribution < -0.4 is 16.8 Å². The van der Waals surface area contributed by atoms with Gasteiger partial charge in [0, 0.05) is 30.3 Å². The number of nitrogen functional groups attached to an aromatic ring is 2. The fraction of sp³-hybridized carbons (Fsp3) is 0.0556. The van der Waals surface area contributed by atoms with Crippen molar-refractivity contribution >= 4 is 34.8 Å². The van der Waals surface area contributed by atoms with Crippen LogP contribution in [0.25, 0.3) is 11.4 Å². The molecule has 0 bridgehead atoms. The molecule has 0 aliphatic carbocycles. The lowest BCUT2D eigenvalue weighted by Crippen LogP contribution is -2.18. The Bertz CT molecular complexity index is 1040. The molecular formula is C18H15ClF2N6. The second-order valence-corrected chi connectivity index (χ2v) is 5.93. The highest BCUT2D eigenvalue weighted by molar-refractivity contribution is 6.33. The molecular weight excluding hydrogens is 374 g/mol. The predicted octanol–water partition coefficient (Wildman–Crippen LogP) is 3.73. The third kappa shape index (κ3) is 3.95. The zero-order valence-corrected chi connectivity index (χ0v) is 14.9. The smallest absolute Gasteiger partial charge is 0.165 e. The number of nitrogens with one attached hydrogen (secondary N) is 1. The number of halogens is 3. The summed E-state index contributed by atoms with van der Waals surface area (Å²) in [6, 6.07) is 10.2. The molecule has 0 spiro atoms. The molecule has 1 heterocycles. The monoisotopic (exact) mass is 388 g/mol. The van der Waals surface area contributed by atoms with Gasteiger partial charge in [-0.1, -0.05) is 23.7 Å². The summed E-state index contributed by atoms with van der Waals surface area (Å²) in [5.41, 5.74) is 12.0. The number of amidine groups is 1. The molecule has 0 fully saturated rings. The maximum atomic E-state index is 13.8. The standard InChI is InChI=1S/C18H15ClF2N6/c1-24-17(11-6-9(20)7-13(21)16(11)23)26-15-8-14(22)25-18(27-15)10-4-2-3-5-12(10)19/h2-8H,23H2,1H3,(H3,22,24,25,26,27).